The van der Waals surface area contributed by atoms with Gasteiger partial charge < -0.3 is 10.2 Å². The molecule has 0 radical (unpaired) electrons. The van der Waals surface area contributed by atoms with E-state index in [-0.39, 0.29) is 28.4 Å². The summed E-state index contributed by atoms with van der Waals surface area (Å²) in [6.45, 7) is 1.94. The number of aromatic nitrogens is 3. The highest BCUT2D eigenvalue weighted by atomic mass is 32.2. The van der Waals surface area contributed by atoms with Gasteiger partial charge in [0.1, 0.15) is 10.8 Å². The number of hydrogen-bond acceptors (Lipinski definition) is 5. The first kappa shape index (κ1) is 17.8. The molecule has 3 heterocycles. The molecular weight excluding hydrogens is 348 g/mol. The van der Waals surface area contributed by atoms with Crippen molar-refractivity contribution in [3.8, 4) is 0 Å². The van der Waals surface area contributed by atoms with Gasteiger partial charge in [0.25, 0.3) is 11.7 Å². The van der Waals surface area contributed by atoms with Gasteiger partial charge in [-0.15, -0.1) is 0 Å². The van der Waals surface area contributed by atoms with Crippen LogP contribution in [0.1, 0.15) is 29.2 Å². The molecule has 3 rings (SSSR count). The number of carbonyl (C=O) groups excluding carboxylic acids is 1. The lowest BCUT2D eigenvalue weighted by Crippen LogP contribution is -2.32. The Hall–Kier alpha value is -2.00. The van der Waals surface area contributed by atoms with Gasteiger partial charge in [0.05, 0.1) is 17.8 Å². The fourth-order valence-corrected chi connectivity index (χ4v) is 3.45. The van der Waals surface area contributed by atoms with Crippen LogP contribution in [-0.2, 0) is 0 Å². The quantitative estimate of drug-likeness (QED) is 0.823. The van der Waals surface area contributed by atoms with E-state index < -0.39 is 11.7 Å². The Bertz CT molecular complexity index is 731. The Morgan fingerprint density at radius 1 is 1.32 bits per heavy atom. The van der Waals surface area contributed by atoms with Gasteiger partial charge >= 0.3 is 0 Å². The van der Waals surface area contributed by atoms with Crippen LogP contribution in [0.5, 0.6) is 0 Å². The number of alkyl halides is 2. The summed E-state index contributed by atoms with van der Waals surface area (Å²) in [5.41, 5.74) is 0.129. The average Bonchev–Trinajstić information content (AvgIpc) is 3.03. The molecule has 0 atom stereocenters. The van der Waals surface area contributed by atoms with E-state index in [0.717, 1.165) is 25.9 Å². The normalized spacial score (nSPS) is 16.3. The van der Waals surface area contributed by atoms with Gasteiger partial charge in [-0.1, -0.05) is 0 Å². The van der Waals surface area contributed by atoms with Gasteiger partial charge in [0.15, 0.2) is 0 Å². The van der Waals surface area contributed by atoms with E-state index in [9.17, 15) is 13.6 Å². The average molecular weight is 367 g/mol. The molecule has 134 valence electrons. The van der Waals surface area contributed by atoms with Crippen molar-refractivity contribution in [1.29, 1.82) is 0 Å². The van der Waals surface area contributed by atoms with Gasteiger partial charge in [-0.3, -0.25) is 4.79 Å². The van der Waals surface area contributed by atoms with Crippen LogP contribution in [0, 0.1) is 0 Å². The molecule has 25 heavy (non-hydrogen) atoms. The minimum absolute atomic E-state index is 0.0142. The number of halogens is 2. The number of rotatable bonds is 5. The van der Waals surface area contributed by atoms with Crippen molar-refractivity contribution in [3.05, 3.63) is 36.2 Å². The zero-order valence-electron chi connectivity index (χ0n) is 13.7. The predicted octanol–water partition coefficient (Wildman–Crippen LogP) is 3.11. The summed E-state index contributed by atoms with van der Waals surface area (Å²) in [5, 5.41) is 7.12. The van der Waals surface area contributed by atoms with Crippen LogP contribution in [-0.4, -0.2) is 51.5 Å². The maximum absolute atomic E-state index is 12.7. The van der Waals surface area contributed by atoms with Crippen molar-refractivity contribution >= 4 is 23.5 Å². The van der Waals surface area contributed by atoms with Gasteiger partial charge in [-0.2, -0.15) is 13.9 Å². The van der Waals surface area contributed by atoms with Crippen molar-refractivity contribution in [1.82, 2.24) is 19.7 Å². The Morgan fingerprint density at radius 3 is 2.80 bits per heavy atom. The highest BCUT2D eigenvalue weighted by Crippen LogP contribution is 2.28. The smallest absolute Gasteiger partial charge is 0.290 e. The molecule has 1 amide bonds. The molecule has 9 heteroatoms. The number of nitrogens with one attached hydrogen (secondary N) is 1. The van der Waals surface area contributed by atoms with E-state index in [1.54, 1.807) is 23.0 Å². The second-order valence-electron chi connectivity index (χ2n) is 5.88. The van der Waals surface area contributed by atoms with E-state index in [1.807, 2.05) is 0 Å². The second kappa shape index (κ2) is 7.92. The molecule has 0 aliphatic carbocycles. The van der Waals surface area contributed by atoms with Crippen molar-refractivity contribution in [2.24, 2.45) is 0 Å². The van der Waals surface area contributed by atoms with Crippen molar-refractivity contribution < 1.29 is 13.6 Å². The molecule has 0 bridgehead atoms. The monoisotopic (exact) mass is 367 g/mol. The maximum atomic E-state index is 12.7. The number of nitrogens with zero attached hydrogens (tertiary/aromatic N) is 4. The molecule has 1 aliphatic rings. The topological polar surface area (TPSA) is 63.1 Å². The first-order valence-corrected chi connectivity index (χ1v) is 8.86. The zero-order chi connectivity index (χ0) is 17.8. The highest BCUT2D eigenvalue weighted by Gasteiger charge is 2.23. The van der Waals surface area contributed by atoms with Crippen molar-refractivity contribution in [2.75, 3.05) is 25.5 Å². The summed E-state index contributed by atoms with van der Waals surface area (Å²) >= 11 is 0.265. The van der Waals surface area contributed by atoms with Crippen LogP contribution < -0.4 is 5.32 Å². The number of hydrogen-bond donors (Lipinski definition) is 1. The summed E-state index contributed by atoms with van der Waals surface area (Å²) in [5.74, 6) is -2.53. The van der Waals surface area contributed by atoms with Crippen LogP contribution in [0.2, 0.25) is 0 Å². The molecule has 0 unspecified atom stereocenters. The summed E-state index contributed by atoms with van der Waals surface area (Å²) in [4.78, 5) is 18.7. The van der Waals surface area contributed by atoms with E-state index in [0.29, 0.717) is 5.82 Å². The molecule has 2 aromatic heterocycles. The number of piperidine rings is 1. The fraction of sp³-hybridized carbons (Fsp3) is 0.438. The molecule has 1 saturated heterocycles. The first-order chi connectivity index (χ1) is 12.0. The van der Waals surface area contributed by atoms with Crippen molar-refractivity contribution in [2.45, 2.75) is 29.7 Å². The Kier molecular flexibility index (Phi) is 5.64. The second-order valence-corrected chi connectivity index (χ2v) is 6.86. The van der Waals surface area contributed by atoms with Crippen LogP contribution in [0.15, 0.2) is 35.6 Å². The summed E-state index contributed by atoms with van der Waals surface area (Å²) in [7, 11) is 2.08. The largest absolute Gasteiger partial charge is 0.307 e. The lowest BCUT2D eigenvalue weighted by molar-refractivity contribution is 0.102. The lowest BCUT2D eigenvalue weighted by Gasteiger charge is -2.30. The zero-order valence-corrected chi connectivity index (χ0v) is 14.5. The fourth-order valence-electron chi connectivity index (χ4n) is 2.87. The number of pyridine rings is 1. The number of amides is 1. The van der Waals surface area contributed by atoms with Crippen LogP contribution >= 0.6 is 11.8 Å². The molecule has 0 spiro atoms. The molecule has 0 saturated carbocycles. The SMILES string of the molecule is CN1CCC(n2nccc2NC(=O)c2cccnc2SC(F)F)CC1. The van der Waals surface area contributed by atoms with Gasteiger partial charge in [-0.05, 0) is 56.9 Å². The minimum atomic E-state index is -2.63. The number of anilines is 1. The summed E-state index contributed by atoms with van der Waals surface area (Å²) in [6.07, 6.45) is 4.91. The third kappa shape index (κ3) is 4.35. The predicted molar refractivity (Wildman–Crippen MR) is 92.0 cm³/mol. The van der Waals surface area contributed by atoms with Crippen LogP contribution in [0.25, 0.3) is 0 Å². The van der Waals surface area contributed by atoms with E-state index >= 15 is 0 Å². The number of carbonyl (C=O) groups is 1. The van der Waals surface area contributed by atoms with Gasteiger partial charge in [0.2, 0.25) is 0 Å². The van der Waals surface area contributed by atoms with E-state index in [2.05, 4.69) is 27.3 Å². The molecule has 6 nitrogen and oxygen atoms in total. The third-order valence-corrected chi connectivity index (χ3v) is 4.89. The minimum Gasteiger partial charge on any atom is -0.307 e. The highest BCUT2D eigenvalue weighted by molar-refractivity contribution is 7.99. The Balaban J connectivity index is 1.75. The summed E-state index contributed by atoms with van der Waals surface area (Å²) < 4.78 is 27.1. The van der Waals surface area contributed by atoms with Crippen LogP contribution in [0.4, 0.5) is 14.6 Å². The first-order valence-electron chi connectivity index (χ1n) is 7.98. The Labute approximate surface area is 148 Å². The molecule has 2 aromatic rings. The standard InChI is InChI=1S/C16H19F2N5OS/c1-22-9-5-11(6-10-22)23-13(4-8-20-23)21-14(24)12-3-2-7-19-15(12)25-16(17)18/h2-4,7-8,11,16H,5-6,9-10H2,1H3,(H,21,24). The summed E-state index contributed by atoms with van der Waals surface area (Å²) in [6, 6.07) is 4.97. The van der Waals surface area contributed by atoms with Gasteiger partial charge in [0, 0.05) is 12.3 Å². The Morgan fingerprint density at radius 2 is 2.08 bits per heavy atom. The molecular formula is C16H19F2N5OS. The third-order valence-electron chi connectivity index (χ3n) is 4.16. The number of thioether (sulfide) groups is 1. The van der Waals surface area contributed by atoms with Crippen LogP contribution in [0.3, 0.4) is 0 Å². The molecule has 1 aliphatic heterocycles. The lowest BCUT2D eigenvalue weighted by atomic mass is 10.1. The van der Waals surface area contributed by atoms with Crippen molar-refractivity contribution in [3.63, 3.8) is 0 Å². The van der Waals surface area contributed by atoms with Gasteiger partial charge in [-0.25, -0.2) is 9.67 Å². The molecule has 0 aromatic carbocycles. The van der Waals surface area contributed by atoms with E-state index in [4.69, 9.17) is 0 Å². The van der Waals surface area contributed by atoms with E-state index in [1.165, 1.54) is 12.3 Å². The molecule has 1 fully saturated rings. The molecule has 1 N–H and O–H groups in total. The maximum Gasteiger partial charge on any atom is 0.290 e. The number of likely N-dealkylation sites (tertiary alicyclic amines) is 1.